The van der Waals surface area contributed by atoms with Gasteiger partial charge < -0.3 is 10.1 Å². The summed E-state index contributed by atoms with van der Waals surface area (Å²) in [6, 6.07) is 7.08. The van der Waals surface area contributed by atoms with Gasteiger partial charge in [-0.05, 0) is 63.6 Å². The summed E-state index contributed by atoms with van der Waals surface area (Å²) in [7, 11) is 0. The topological polar surface area (TPSA) is 69.0 Å². The molecule has 0 aliphatic heterocycles. The zero-order chi connectivity index (χ0) is 24.5. The van der Waals surface area contributed by atoms with Crippen molar-refractivity contribution in [2.45, 2.75) is 57.9 Å². The van der Waals surface area contributed by atoms with Crippen LogP contribution in [0.25, 0.3) is 10.9 Å². The normalized spacial score (nSPS) is 18.9. The molecule has 3 aromatic rings. The number of pyridine rings is 1. The first-order valence-corrected chi connectivity index (χ1v) is 12.8. The van der Waals surface area contributed by atoms with E-state index >= 15 is 0 Å². The fourth-order valence-electron chi connectivity index (χ4n) is 4.18. The standard InChI is InChI=1S/C24H26F3IN4O2/c1-14(2)34-21-11-19-16(13-32(31-19)17-8-6-15(12-28)7-9-17)10-20(21)30-23(33)18-4-3-5-22(29-18)24(25,26)27/h3-5,10-11,13-15,17H,6-9,12H2,1-2H3,(H,30,33). The summed E-state index contributed by atoms with van der Waals surface area (Å²) in [5.41, 5.74) is -0.346. The number of carbonyl (C=O) groups is 1. The molecular formula is C24H26F3IN4O2. The van der Waals surface area contributed by atoms with Gasteiger partial charge in [-0.3, -0.25) is 9.48 Å². The van der Waals surface area contributed by atoms with Crippen LogP contribution in [0.1, 0.15) is 61.8 Å². The molecule has 1 saturated carbocycles. The average molecular weight is 586 g/mol. The maximum Gasteiger partial charge on any atom is 0.433 e. The van der Waals surface area contributed by atoms with Crippen molar-refractivity contribution in [3.05, 3.63) is 47.9 Å². The van der Waals surface area contributed by atoms with E-state index in [0.717, 1.165) is 41.8 Å². The second-order valence-corrected chi connectivity index (χ2v) is 9.75. The molecule has 4 rings (SSSR count). The van der Waals surface area contributed by atoms with E-state index in [0.29, 0.717) is 17.5 Å². The molecule has 182 valence electrons. The van der Waals surface area contributed by atoms with Crippen molar-refractivity contribution in [2.75, 3.05) is 9.74 Å². The van der Waals surface area contributed by atoms with Crippen molar-refractivity contribution in [1.29, 1.82) is 0 Å². The highest BCUT2D eigenvalue weighted by molar-refractivity contribution is 14.1. The summed E-state index contributed by atoms with van der Waals surface area (Å²) in [6.07, 6.45) is 1.65. The number of ether oxygens (including phenoxy) is 1. The minimum atomic E-state index is -4.63. The molecule has 0 unspecified atom stereocenters. The number of alkyl halides is 4. The van der Waals surface area contributed by atoms with Crippen molar-refractivity contribution < 1.29 is 22.7 Å². The van der Waals surface area contributed by atoms with Crippen LogP contribution in [0.15, 0.2) is 36.5 Å². The molecule has 1 fully saturated rings. The third kappa shape index (κ3) is 5.64. The molecular weight excluding hydrogens is 560 g/mol. The van der Waals surface area contributed by atoms with Gasteiger partial charge in [0.25, 0.3) is 5.91 Å². The molecule has 10 heteroatoms. The van der Waals surface area contributed by atoms with Crippen molar-refractivity contribution in [1.82, 2.24) is 14.8 Å². The molecule has 0 atom stereocenters. The van der Waals surface area contributed by atoms with E-state index in [9.17, 15) is 18.0 Å². The maximum absolute atomic E-state index is 13.0. The van der Waals surface area contributed by atoms with Gasteiger partial charge in [0.15, 0.2) is 0 Å². The summed E-state index contributed by atoms with van der Waals surface area (Å²) >= 11 is 2.44. The Bertz CT molecular complexity index is 1170. The molecule has 0 radical (unpaired) electrons. The van der Waals surface area contributed by atoms with Gasteiger partial charge in [-0.2, -0.15) is 18.3 Å². The fraction of sp³-hybridized carbons (Fsp3) is 0.458. The van der Waals surface area contributed by atoms with E-state index in [1.807, 2.05) is 24.7 Å². The minimum absolute atomic E-state index is 0.176. The lowest BCUT2D eigenvalue weighted by Crippen LogP contribution is -2.19. The lowest BCUT2D eigenvalue weighted by atomic mass is 9.87. The molecule has 0 saturated heterocycles. The lowest BCUT2D eigenvalue weighted by molar-refractivity contribution is -0.141. The summed E-state index contributed by atoms with van der Waals surface area (Å²) in [5, 5.41) is 8.25. The van der Waals surface area contributed by atoms with Crippen LogP contribution in [0.4, 0.5) is 18.9 Å². The van der Waals surface area contributed by atoms with Gasteiger partial charge in [0.05, 0.1) is 23.3 Å². The summed E-state index contributed by atoms with van der Waals surface area (Å²) < 4.78 is 48.1. The van der Waals surface area contributed by atoms with Crippen molar-refractivity contribution in [2.24, 2.45) is 5.92 Å². The lowest BCUT2D eigenvalue weighted by Gasteiger charge is -2.27. The van der Waals surface area contributed by atoms with Gasteiger partial charge in [-0.1, -0.05) is 28.7 Å². The van der Waals surface area contributed by atoms with E-state index in [1.54, 1.807) is 12.1 Å². The Balaban J connectivity index is 1.62. The number of anilines is 1. The Morgan fingerprint density at radius 2 is 1.97 bits per heavy atom. The molecule has 1 amide bonds. The number of nitrogens with one attached hydrogen (secondary N) is 1. The fourth-order valence-corrected chi connectivity index (χ4v) is 5.06. The van der Waals surface area contributed by atoms with E-state index in [2.05, 4.69) is 32.9 Å². The molecule has 1 aliphatic rings. The zero-order valence-corrected chi connectivity index (χ0v) is 21.1. The predicted octanol–water partition coefficient (Wildman–Crippen LogP) is 6.66. The Morgan fingerprint density at radius 1 is 1.24 bits per heavy atom. The molecule has 2 heterocycles. The zero-order valence-electron chi connectivity index (χ0n) is 18.9. The summed E-state index contributed by atoms with van der Waals surface area (Å²) in [6.45, 7) is 3.71. The van der Waals surface area contributed by atoms with Crippen LogP contribution in [-0.2, 0) is 6.18 Å². The number of fused-ring (bicyclic) bond motifs is 1. The Labute approximate surface area is 209 Å². The maximum atomic E-state index is 13.0. The molecule has 2 aromatic heterocycles. The van der Waals surface area contributed by atoms with E-state index < -0.39 is 17.8 Å². The molecule has 0 spiro atoms. The van der Waals surface area contributed by atoms with Crippen LogP contribution in [0, 0.1) is 5.92 Å². The van der Waals surface area contributed by atoms with Crippen molar-refractivity contribution in [3.63, 3.8) is 0 Å². The molecule has 34 heavy (non-hydrogen) atoms. The van der Waals surface area contributed by atoms with E-state index in [-0.39, 0.29) is 11.8 Å². The van der Waals surface area contributed by atoms with Crippen LogP contribution in [0.3, 0.4) is 0 Å². The molecule has 1 aliphatic carbocycles. The van der Waals surface area contributed by atoms with Crippen LogP contribution < -0.4 is 10.1 Å². The number of hydrogen-bond donors (Lipinski definition) is 1. The Kier molecular flexibility index (Phi) is 7.34. The van der Waals surface area contributed by atoms with Crippen LogP contribution in [0.5, 0.6) is 5.75 Å². The Morgan fingerprint density at radius 3 is 2.62 bits per heavy atom. The highest BCUT2D eigenvalue weighted by atomic mass is 127. The summed E-state index contributed by atoms with van der Waals surface area (Å²) in [5.74, 6) is 0.421. The second-order valence-electron chi connectivity index (χ2n) is 8.87. The first-order chi connectivity index (χ1) is 16.1. The number of carbonyl (C=O) groups excluding carboxylic acids is 1. The highest BCUT2D eigenvalue weighted by Gasteiger charge is 2.33. The number of nitrogens with zero attached hydrogens (tertiary/aromatic N) is 3. The van der Waals surface area contributed by atoms with Crippen LogP contribution in [0.2, 0.25) is 0 Å². The summed E-state index contributed by atoms with van der Waals surface area (Å²) in [4.78, 5) is 16.2. The number of benzene rings is 1. The molecule has 1 aromatic carbocycles. The van der Waals surface area contributed by atoms with Crippen LogP contribution in [-0.4, -0.2) is 31.2 Å². The van der Waals surface area contributed by atoms with Gasteiger partial charge in [0.2, 0.25) is 0 Å². The van der Waals surface area contributed by atoms with E-state index in [1.165, 1.54) is 23.3 Å². The number of halogens is 4. The largest absolute Gasteiger partial charge is 0.489 e. The first-order valence-electron chi connectivity index (χ1n) is 11.2. The highest BCUT2D eigenvalue weighted by Crippen LogP contribution is 2.36. The van der Waals surface area contributed by atoms with Crippen molar-refractivity contribution >= 4 is 45.1 Å². The minimum Gasteiger partial charge on any atom is -0.489 e. The second kappa shape index (κ2) is 10.1. The van der Waals surface area contributed by atoms with E-state index in [4.69, 9.17) is 9.84 Å². The SMILES string of the molecule is CC(C)Oc1cc2nn(C3CCC(CI)CC3)cc2cc1NC(=O)c1cccc(C(F)(F)F)n1. The Hall–Kier alpha value is -2.37. The van der Waals surface area contributed by atoms with Gasteiger partial charge in [0, 0.05) is 22.1 Å². The monoisotopic (exact) mass is 586 g/mol. The number of amides is 1. The van der Waals surface area contributed by atoms with Gasteiger partial charge in [-0.15, -0.1) is 0 Å². The number of hydrogen-bond acceptors (Lipinski definition) is 4. The van der Waals surface area contributed by atoms with Gasteiger partial charge in [-0.25, -0.2) is 4.98 Å². The number of rotatable bonds is 6. The molecule has 0 bridgehead atoms. The first kappa shape index (κ1) is 24.7. The van der Waals surface area contributed by atoms with Gasteiger partial charge >= 0.3 is 6.18 Å². The average Bonchev–Trinajstić information content (AvgIpc) is 3.21. The van der Waals surface area contributed by atoms with Crippen molar-refractivity contribution in [3.8, 4) is 5.75 Å². The van der Waals surface area contributed by atoms with Gasteiger partial charge in [0.1, 0.15) is 17.1 Å². The predicted molar refractivity (Wildman–Crippen MR) is 133 cm³/mol. The molecule has 6 nitrogen and oxygen atoms in total. The smallest absolute Gasteiger partial charge is 0.433 e. The quantitative estimate of drug-likeness (QED) is 0.259. The third-order valence-corrected chi connectivity index (χ3v) is 7.16. The van der Waals surface area contributed by atoms with Crippen LogP contribution >= 0.6 is 22.6 Å². The third-order valence-electron chi connectivity index (χ3n) is 5.92. The number of aromatic nitrogens is 3. The molecule has 1 N–H and O–H groups in total.